The summed E-state index contributed by atoms with van der Waals surface area (Å²) in [7, 11) is 1.91. The number of aromatic nitrogens is 3. The summed E-state index contributed by atoms with van der Waals surface area (Å²) in [6.07, 6.45) is 5.24. The molecule has 220 valence electrons. The molecule has 1 saturated heterocycles. The van der Waals surface area contributed by atoms with Gasteiger partial charge >= 0.3 is 5.97 Å². The third-order valence-corrected chi connectivity index (χ3v) is 8.14. The minimum atomic E-state index is -0.777. The Morgan fingerprint density at radius 3 is 2.32 bits per heavy atom. The fraction of sp³-hybridized carbons (Fsp3) is 0.467. The Labute approximate surface area is 244 Å². The third-order valence-electron chi connectivity index (χ3n) is 6.97. The molecule has 1 amide bonds. The molecule has 1 aliphatic heterocycles. The zero-order valence-corrected chi connectivity index (χ0v) is 24.1. The number of aliphatic carboxylic acids is 1. The standard InChI is InChI=1S/C30H38N4O6S/c1-34-20-32-33-30(34)41-19-25-16-26(23-12-10-22(18-35)11-13-23)40-29(39-25)24-14-8-21(9-15-24)17-31-27(36)6-4-2-3-5-7-28(37)38/h8-15,20,25-26,29,35H,2-7,16-19H2,1H3,(H,31,36)(H,37,38). The molecule has 3 atom stereocenters. The second-order valence-corrected chi connectivity index (χ2v) is 11.2. The minimum absolute atomic E-state index is 0.00406. The maximum Gasteiger partial charge on any atom is 0.303 e. The Morgan fingerprint density at radius 1 is 0.976 bits per heavy atom. The van der Waals surface area contributed by atoms with Gasteiger partial charge in [-0.1, -0.05) is 73.1 Å². The zero-order chi connectivity index (χ0) is 29.0. The largest absolute Gasteiger partial charge is 0.481 e. The Bertz CT molecular complexity index is 1250. The lowest BCUT2D eigenvalue weighted by Crippen LogP contribution is -2.31. The first-order chi connectivity index (χ1) is 19.9. The molecule has 2 aromatic carbocycles. The predicted molar refractivity (Wildman–Crippen MR) is 154 cm³/mol. The molecule has 2 heterocycles. The summed E-state index contributed by atoms with van der Waals surface area (Å²) in [6.45, 7) is 0.428. The number of thioether (sulfide) groups is 1. The second-order valence-electron chi connectivity index (χ2n) is 10.2. The molecular weight excluding hydrogens is 544 g/mol. The first-order valence-electron chi connectivity index (χ1n) is 14.0. The van der Waals surface area contributed by atoms with Crippen molar-refractivity contribution in [3.8, 4) is 0 Å². The van der Waals surface area contributed by atoms with Gasteiger partial charge in [0.2, 0.25) is 5.91 Å². The van der Waals surface area contributed by atoms with Gasteiger partial charge in [-0.3, -0.25) is 9.59 Å². The lowest BCUT2D eigenvalue weighted by molar-refractivity contribution is -0.245. The monoisotopic (exact) mass is 582 g/mol. The number of aliphatic hydroxyl groups is 1. The molecule has 3 aromatic rings. The van der Waals surface area contributed by atoms with Crippen LogP contribution in [0.3, 0.4) is 0 Å². The number of hydrogen-bond acceptors (Lipinski definition) is 8. The second kappa shape index (κ2) is 15.7. The first kappa shape index (κ1) is 30.7. The number of carbonyl (C=O) groups excluding carboxylic acids is 1. The van der Waals surface area contributed by atoms with Crippen LogP contribution in [-0.4, -0.2) is 48.7 Å². The summed E-state index contributed by atoms with van der Waals surface area (Å²) in [5.74, 6) is -0.0909. The van der Waals surface area contributed by atoms with Gasteiger partial charge in [0.15, 0.2) is 11.4 Å². The van der Waals surface area contributed by atoms with Gasteiger partial charge in [-0.2, -0.15) is 0 Å². The number of amides is 1. The summed E-state index contributed by atoms with van der Waals surface area (Å²) in [5.41, 5.74) is 3.76. The van der Waals surface area contributed by atoms with E-state index in [4.69, 9.17) is 14.6 Å². The molecule has 1 fully saturated rings. The molecule has 41 heavy (non-hydrogen) atoms. The average Bonchev–Trinajstić information content (AvgIpc) is 3.41. The van der Waals surface area contributed by atoms with Crippen molar-refractivity contribution in [2.45, 2.75) is 81.8 Å². The highest BCUT2D eigenvalue weighted by molar-refractivity contribution is 7.99. The van der Waals surface area contributed by atoms with Crippen LogP contribution in [0.4, 0.5) is 0 Å². The number of ether oxygens (including phenoxy) is 2. The van der Waals surface area contributed by atoms with Crippen LogP contribution in [0.1, 0.15) is 79.6 Å². The van der Waals surface area contributed by atoms with Crippen molar-refractivity contribution in [1.82, 2.24) is 20.1 Å². The van der Waals surface area contributed by atoms with Gasteiger partial charge in [0.1, 0.15) is 6.33 Å². The fourth-order valence-electron chi connectivity index (χ4n) is 4.59. The van der Waals surface area contributed by atoms with E-state index in [0.29, 0.717) is 31.6 Å². The maximum absolute atomic E-state index is 12.2. The molecule has 0 bridgehead atoms. The molecule has 1 aromatic heterocycles. The molecular formula is C30H38N4O6S. The predicted octanol–water partition coefficient (Wildman–Crippen LogP) is 4.69. The van der Waals surface area contributed by atoms with Gasteiger partial charge in [-0.25, -0.2) is 0 Å². The van der Waals surface area contributed by atoms with Gasteiger partial charge in [0, 0.05) is 44.2 Å². The SMILES string of the molecule is Cn1cnnc1SCC1CC(c2ccc(CO)cc2)OC(c2ccc(CNC(=O)CCCCCCC(=O)O)cc2)O1. The summed E-state index contributed by atoms with van der Waals surface area (Å²) >= 11 is 1.59. The molecule has 0 radical (unpaired) electrons. The van der Waals surface area contributed by atoms with Crippen LogP contribution in [0, 0.1) is 0 Å². The Kier molecular flexibility index (Phi) is 11.7. The van der Waals surface area contributed by atoms with Crippen LogP contribution < -0.4 is 5.32 Å². The van der Waals surface area contributed by atoms with Crippen molar-refractivity contribution in [3.05, 3.63) is 77.1 Å². The van der Waals surface area contributed by atoms with Gasteiger partial charge in [0.25, 0.3) is 0 Å². The Morgan fingerprint density at radius 2 is 1.66 bits per heavy atom. The average molecular weight is 583 g/mol. The van der Waals surface area contributed by atoms with E-state index in [2.05, 4.69) is 15.5 Å². The van der Waals surface area contributed by atoms with Crippen LogP contribution in [-0.2, 0) is 39.3 Å². The topological polar surface area (TPSA) is 136 Å². The number of benzene rings is 2. The minimum Gasteiger partial charge on any atom is -0.481 e. The zero-order valence-electron chi connectivity index (χ0n) is 23.3. The van der Waals surface area contributed by atoms with Crippen molar-refractivity contribution >= 4 is 23.6 Å². The molecule has 1 aliphatic rings. The maximum atomic E-state index is 12.2. The summed E-state index contributed by atoms with van der Waals surface area (Å²) in [4.78, 5) is 22.8. The smallest absolute Gasteiger partial charge is 0.303 e. The Balaban J connectivity index is 1.32. The molecule has 0 saturated carbocycles. The van der Waals surface area contributed by atoms with Gasteiger partial charge in [0.05, 0.1) is 18.8 Å². The number of carboxylic acid groups (broad SMARTS) is 1. The van der Waals surface area contributed by atoms with E-state index in [1.165, 1.54) is 0 Å². The first-order valence-corrected chi connectivity index (χ1v) is 14.9. The van der Waals surface area contributed by atoms with Gasteiger partial charge in [-0.05, 0) is 29.5 Å². The highest BCUT2D eigenvalue weighted by atomic mass is 32.2. The van der Waals surface area contributed by atoms with E-state index in [9.17, 15) is 14.7 Å². The van der Waals surface area contributed by atoms with Crippen molar-refractivity contribution in [3.63, 3.8) is 0 Å². The third kappa shape index (κ3) is 9.67. The Hall–Kier alpha value is -3.25. The molecule has 4 rings (SSSR count). The van der Waals surface area contributed by atoms with Crippen LogP contribution in [0.25, 0.3) is 0 Å². The van der Waals surface area contributed by atoms with E-state index in [1.54, 1.807) is 18.1 Å². The lowest BCUT2D eigenvalue weighted by Gasteiger charge is -2.36. The summed E-state index contributed by atoms with van der Waals surface area (Å²) in [5, 5.41) is 30.0. The fourth-order valence-corrected chi connectivity index (χ4v) is 5.50. The quantitative estimate of drug-likeness (QED) is 0.172. The van der Waals surface area contributed by atoms with E-state index in [-0.39, 0.29) is 31.1 Å². The van der Waals surface area contributed by atoms with Crippen molar-refractivity contribution in [1.29, 1.82) is 0 Å². The number of unbranched alkanes of at least 4 members (excludes halogenated alkanes) is 3. The van der Waals surface area contributed by atoms with Crippen LogP contribution >= 0.6 is 11.8 Å². The lowest BCUT2D eigenvalue weighted by atomic mass is 10.0. The molecule has 0 spiro atoms. The van der Waals surface area contributed by atoms with E-state index >= 15 is 0 Å². The number of hydrogen-bond donors (Lipinski definition) is 3. The van der Waals surface area contributed by atoms with Gasteiger partial charge < -0.3 is 29.6 Å². The summed E-state index contributed by atoms with van der Waals surface area (Å²) in [6, 6.07) is 15.7. The van der Waals surface area contributed by atoms with Crippen molar-refractivity contribution < 1.29 is 29.3 Å². The van der Waals surface area contributed by atoms with Crippen molar-refractivity contribution in [2.75, 3.05) is 5.75 Å². The normalized spacial score (nSPS) is 18.7. The molecule has 11 heteroatoms. The van der Waals surface area contributed by atoms with Crippen LogP contribution in [0.2, 0.25) is 0 Å². The molecule has 10 nitrogen and oxygen atoms in total. The highest BCUT2D eigenvalue weighted by Gasteiger charge is 2.32. The molecule has 3 N–H and O–H groups in total. The number of aliphatic hydroxyl groups excluding tert-OH is 1. The summed E-state index contributed by atoms with van der Waals surface area (Å²) < 4.78 is 14.7. The number of carbonyl (C=O) groups is 2. The number of aryl methyl sites for hydroxylation is 1. The number of carboxylic acids is 1. The van der Waals surface area contributed by atoms with E-state index < -0.39 is 12.3 Å². The molecule has 0 aliphatic carbocycles. The molecule has 3 unspecified atom stereocenters. The van der Waals surface area contributed by atoms with E-state index in [1.807, 2.05) is 60.1 Å². The van der Waals surface area contributed by atoms with Crippen LogP contribution in [0.15, 0.2) is 60.0 Å². The number of nitrogens with zero attached hydrogens (tertiary/aromatic N) is 3. The van der Waals surface area contributed by atoms with Gasteiger partial charge in [-0.15, -0.1) is 10.2 Å². The highest BCUT2D eigenvalue weighted by Crippen LogP contribution is 2.39. The number of rotatable bonds is 15. The van der Waals surface area contributed by atoms with Crippen LogP contribution in [0.5, 0.6) is 0 Å². The van der Waals surface area contributed by atoms with E-state index in [0.717, 1.165) is 46.7 Å². The van der Waals surface area contributed by atoms with Crippen molar-refractivity contribution in [2.24, 2.45) is 7.05 Å². The number of nitrogens with one attached hydrogen (secondary N) is 1.